The van der Waals surface area contributed by atoms with Crippen LogP contribution in [0.5, 0.6) is 5.75 Å². The number of non-ortho nitro benzene ring substituents is 1. The van der Waals surface area contributed by atoms with Gasteiger partial charge in [0.2, 0.25) is 5.91 Å². The Bertz CT molecular complexity index is 1170. The van der Waals surface area contributed by atoms with Gasteiger partial charge in [-0.25, -0.2) is 0 Å². The van der Waals surface area contributed by atoms with Crippen molar-refractivity contribution in [3.05, 3.63) is 58.6 Å². The fraction of sp³-hybridized carbons (Fsp3) is 0.375. The second-order valence-corrected chi connectivity index (χ2v) is 9.25. The minimum absolute atomic E-state index is 0.0366. The molecule has 2 aromatic carbocycles. The van der Waals surface area contributed by atoms with Gasteiger partial charge >= 0.3 is 0 Å². The summed E-state index contributed by atoms with van der Waals surface area (Å²) < 4.78 is 5.23. The highest BCUT2D eigenvalue weighted by molar-refractivity contribution is 6.51. The summed E-state index contributed by atoms with van der Waals surface area (Å²) in [6.07, 6.45) is 1.07. The van der Waals surface area contributed by atoms with Crippen molar-refractivity contribution in [3.8, 4) is 5.75 Å². The highest BCUT2D eigenvalue weighted by Crippen LogP contribution is 2.69. The molecule has 2 N–H and O–H groups in total. The summed E-state index contributed by atoms with van der Waals surface area (Å²) in [5.74, 6) is -0.0424. The molecule has 2 unspecified atom stereocenters. The zero-order valence-electron chi connectivity index (χ0n) is 19.0. The van der Waals surface area contributed by atoms with Crippen LogP contribution in [0, 0.1) is 26.4 Å². The number of ether oxygens (including phenoxy) is 1. The lowest BCUT2D eigenvalue weighted by atomic mass is 9.64. The average Bonchev–Trinajstić information content (AvgIpc) is 3.07. The summed E-state index contributed by atoms with van der Waals surface area (Å²) in [5.41, 5.74) is 1.67. The van der Waals surface area contributed by atoms with Crippen molar-refractivity contribution in [1.82, 2.24) is 0 Å². The normalized spacial score (nSPS) is 26.3. The highest BCUT2D eigenvalue weighted by atomic mass is 16.6. The smallest absolute Gasteiger partial charge is 0.269 e. The number of amides is 1. The van der Waals surface area contributed by atoms with Crippen molar-refractivity contribution in [2.75, 3.05) is 17.9 Å². The van der Waals surface area contributed by atoms with Crippen LogP contribution in [-0.4, -0.2) is 29.4 Å². The first-order valence-corrected chi connectivity index (χ1v) is 10.7. The third kappa shape index (κ3) is 3.18. The van der Waals surface area contributed by atoms with E-state index in [-0.39, 0.29) is 17.4 Å². The average molecular weight is 450 g/mol. The van der Waals surface area contributed by atoms with Gasteiger partial charge in [-0.3, -0.25) is 25.1 Å². The second kappa shape index (κ2) is 7.68. The monoisotopic (exact) mass is 450 g/mol. The number of Topliss-reactive ketones (excluding diaryl/α,β-unsaturated/α-hetero) is 1. The predicted octanol–water partition coefficient (Wildman–Crippen LogP) is 4.41. The van der Waals surface area contributed by atoms with Crippen molar-refractivity contribution >= 4 is 34.5 Å². The van der Waals surface area contributed by atoms with Crippen LogP contribution < -0.4 is 15.5 Å². The van der Waals surface area contributed by atoms with Gasteiger partial charge in [-0.2, -0.15) is 5.10 Å². The third-order valence-corrected chi connectivity index (χ3v) is 7.66. The lowest BCUT2D eigenvalue weighted by molar-refractivity contribution is -0.384. The van der Waals surface area contributed by atoms with Gasteiger partial charge in [-0.05, 0) is 42.5 Å². The summed E-state index contributed by atoms with van der Waals surface area (Å²) >= 11 is 0. The van der Waals surface area contributed by atoms with Crippen LogP contribution in [0.15, 0.2) is 53.6 Å². The van der Waals surface area contributed by atoms with E-state index in [1.165, 1.54) is 24.3 Å². The first-order chi connectivity index (χ1) is 15.6. The van der Waals surface area contributed by atoms with E-state index in [0.29, 0.717) is 35.7 Å². The lowest BCUT2D eigenvalue weighted by Crippen LogP contribution is -2.47. The molecule has 9 nitrogen and oxygen atoms in total. The number of fused-ring (bicyclic) bond motifs is 2. The lowest BCUT2D eigenvalue weighted by Gasteiger charge is -2.37. The Morgan fingerprint density at radius 3 is 2.42 bits per heavy atom. The first kappa shape index (κ1) is 22.4. The fourth-order valence-electron chi connectivity index (χ4n) is 5.19. The largest absolute Gasteiger partial charge is 0.497 e. The van der Waals surface area contributed by atoms with Crippen LogP contribution in [0.3, 0.4) is 0 Å². The number of hydrazone groups is 1. The Morgan fingerprint density at radius 1 is 1.09 bits per heavy atom. The predicted molar refractivity (Wildman–Crippen MR) is 124 cm³/mol. The van der Waals surface area contributed by atoms with Gasteiger partial charge in [0.25, 0.3) is 5.69 Å². The molecule has 2 atom stereocenters. The minimum Gasteiger partial charge on any atom is -0.497 e. The van der Waals surface area contributed by atoms with Crippen LogP contribution in [-0.2, 0) is 9.59 Å². The van der Waals surface area contributed by atoms with E-state index in [2.05, 4.69) is 15.8 Å². The standard InChI is InChI=1S/C24H26N4O5/c1-22(2)23(3)12-13-24(22,21(30)25-16-6-5-7-18(14-16)33-4)20(29)19(23)27-26-15-8-10-17(11-9-15)28(31)32/h5-11,14,26H,12-13H2,1-4H3,(H,25,30). The molecule has 9 heteroatoms. The maximum Gasteiger partial charge on any atom is 0.269 e. The van der Waals surface area contributed by atoms with E-state index in [9.17, 15) is 19.7 Å². The van der Waals surface area contributed by atoms with Gasteiger partial charge in [-0.15, -0.1) is 0 Å². The summed E-state index contributed by atoms with van der Waals surface area (Å²) in [6.45, 7) is 5.85. The topological polar surface area (TPSA) is 123 Å². The van der Waals surface area contributed by atoms with Crippen molar-refractivity contribution in [2.45, 2.75) is 33.6 Å². The molecule has 0 heterocycles. The van der Waals surface area contributed by atoms with Gasteiger partial charge in [0.05, 0.1) is 17.7 Å². The van der Waals surface area contributed by atoms with E-state index in [1.54, 1.807) is 31.4 Å². The van der Waals surface area contributed by atoms with Crippen LogP contribution in [0.25, 0.3) is 0 Å². The molecule has 0 radical (unpaired) electrons. The van der Waals surface area contributed by atoms with E-state index in [1.807, 2.05) is 20.8 Å². The molecular weight excluding hydrogens is 424 g/mol. The number of benzene rings is 2. The Labute approximate surface area is 191 Å². The Morgan fingerprint density at radius 2 is 1.79 bits per heavy atom. The second-order valence-electron chi connectivity index (χ2n) is 9.25. The molecule has 2 aliphatic rings. The molecule has 172 valence electrons. The SMILES string of the molecule is COc1cccc(NC(=O)C23CCC(C)(C(=NNc4ccc([N+](=O)[O-])cc4)C2=O)C3(C)C)c1. The molecule has 2 aliphatic carbocycles. The molecule has 0 saturated heterocycles. The van der Waals surface area contributed by atoms with E-state index in [0.717, 1.165) is 0 Å². The summed E-state index contributed by atoms with van der Waals surface area (Å²) in [7, 11) is 1.55. The molecule has 33 heavy (non-hydrogen) atoms. The summed E-state index contributed by atoms with van der Waals surface area (Å²) in [5, 5.41) is 18.2. The molecule has 1 amide bonds. The highest BCUT2D eigenvalue weighted by Gasteiger charge is 2.76. The number of ketones is 1. The first-order valence-electron chi connectivity index (χ1n) is 10.7. The summed E-state index contributed by atoms with van der Waals surface area (Å²) in [4.78, 5) is 37.6. The number of hydrogen-bond acceptors (Lipinski definition) is 7. The number of methoxy groups -OCH3 is 1. The molecule has 2 aromatic rings. The van der Waals surface area contributed by atoms with Gasteiger partial charge in [0, 0.05) is 29.3 Å². The fourth-order valence-corrected chi connectivity index (χ4v) is 5.19. The Balaban J connectivity index is 1.64. The maximum atomic E-state index is 13.7. The molecule has 0 spiro atoms. The summed E-state index contributed by atoms with van der Waals surface area (Å²) in [6, 6.07) is 12.8. The maximum absolute atomic E-state index is 13.7. The Hall–Kier alpha value is -3.75. The third-order valence-electron chi connectivity index (χ3n) is 7.66. The Kier molecular flexibility index (Phi) is 5.23. The quantitative estimate of drug-likeness (QED) is 0.382. The van der Waals surface area contributed by atoms with Crippen LogP contribution >= 0.6 is 0 Å². The minimum atomic E-state index is -1.25. The molecule has 2 fully saturated rings. The van der Waals surface area contributed by atoms with Gasteiger partial charge < -0.3 is 10.1 Å². The molecule has 0 aromatic heterocycles. The van der Waals surface area contributed by atoms with Gasteiger partial charge in [0.15, 0.2) is 5.78 Å². The van der Waals surface area contributed by atoms with Crippen molar-refractivity contribution in [1.29, 1.82) is 0 Å². The van der Waals surface area contributed by atoms with Crippen molar-refractivity contribution in [3.63, 3.8) is 0 Å². The number of nitrogens with zero attached hydrogens (tertiary/aromatic N) is 2. The van der Waals surface area contributed by atoms with Crippen LogP contribution in [0.2, 0.25) is 0 Å². The molecule has 0 aliphatic heterocycles. The molecule has 2 saturated carbocycles. The van der Waals surface area contributed by atoms with Crippen LogP contribution in [0.4, 0.5) is 17.1 Å². The zero-order chi connectivity index (χ0) is 24.0. The van der Waals surface area contributed by atoms with Crippen molar-refractivity contribution in [2.24, 2.45) is 21.3 Å². The number of hydrogen-bond donors (Lipinski definition) is 2. The van der Waals surface area contributed by atoms with Gasteiger partial charge in [0.1, 0.15) is 16.9 Å². The van der Waals surface area contributed by atoms with Crippen molar-refractivity contribution < 1.29 is 19.2 Å². The number of nitrogens with one attached hydrogen (secondary N) is 2. The molecular formula is C24H26N4O5. The zero-order valence-corrected chi connectivity index (χ0v) is 19.0. The van der Waals surface area contributed by atoms with Crippen LogP contribution in [0.1, 0.15) is 33.6 Å². The number of rotatable bonds is 6. The number of nitro benzene ring substituents is 1. The number of anilines is 2. The van der Waals surface area contributed by atoms with Gasteiger partial charge in [-0.1, -0.05) is 26.8 Å². The number of carbonyl (C=O) groups excluding carboxylic acids is 2. The van der Waals surface area contributed by atoms with E-state index >= 15 is 0 Å². The van der Waals surface area contributed by atoms with E-state index < -0.39 is 21.2 Å². The molecule has 2 bridgehead atoms. The number of carbonyl (C=O) groups is 2. The number of nitro groups is 1. The molecule has 4 rings (SSSR count). The van der Waals surface area contributed by atoms with E-state index in [4.69, 9.17) is 4.74 Å².